The van der Waals surface area contributed by atoms with Crippen molar-refractivity contribution in [1.82, 2.24) is 24.9 Å². The fourth-order valence-electron chi connectivity index (χ4n) is 1.68. The van der Waals surface area contributed by atoms with Crippen LogP contribution in [0.2, 0.25) is 5.02 Å². The molecule has 0 radical (unpaired) electrons. The molecule has 1 atom stereocenters. The molecule has 0 aromatic carbocycles. The van der Waals surface area contributed by atoms with E-state index in [4.69, 9.17) is 11.6 Å². The first-order valence-corrected chi connectivity index (χ1v) is 7.31. The second-order valence-corrected chi connectivity index (χ2v) is 5.72. The quantitative estimate of drug-likeness (QED) is 0.889. The summed E-state index contributed by atoms with van der Waals surface area (Å²) in [5, 5.41) is 11.7. The van der Waals surface area contributed by atoms with Crippen molar-refractivity contribution in [3.05, 3.63) is 33.8 Å². The maximum absolute atomic E-state index is 12.0. The molecule has 108 valence electrons. The summed E-state index contributed by atoms with van der Waals surface area (Å²) in [5.74, 6) is -0.0850. The molecule has 0 saturated carbocycles. The van der Waals surface area contributed by atoms with Gasteiger partial charge in [-0.15, -0.1) is 0 Å². The lowest BCUT2D eigenvalue weighted by molar-refractivity contribution is -0.124. The number of aryl methyl sites for hydroxylation is 1. The Balaban J connectivity index is 1.85. The molecule has 0 aliphatic rings. The smallest absolute Gasteiger partial charge is 0.244 e. The first-order valence-electron chi connectivity index (χ1n) is 6.14. The van der Waals surface area contributed by atoms with Gasteiger partial charge in [0.25, 0.3) is 0 Å². The molecule has 1 amide bonds. The van der Waals surface area contributed by atoms with Gasteiger partial charge in [-0.25, -0.2) is 0 Å². The van der Waals surface area contributed by atoms with Crippen molar-refractivity contribution in [2.24, 2.45) is 0 Å². The zero-order chi connectivity index (χ0) is 14.7. The van der Waals surface area contributed by atoms with Crippen molar-refractivity contribution in [2.75, 3.05) is 6.54 Å². The molecule has 2 aromatic rings. The van der Waals surface area contributed by atoms with Gasteiger partial charge in [0.1, 0.15) is 6.04 Å². The predicted molar refractivity (Wildman–Crippen MR) is 79.6 cm³/mol. The summed E-state index contributed by atoms with van der Waals surface area (Å²) in [5.41, 5.74) is 0.857. The third kappa shape index (κ3) is 3.61. The second-order valence-electron chi connectivity index (χ2n) is 4.43. The van der Waals surface area contributed by atoms with Gasteiger partial charge >= 0.3 is 0 Å². The van der Waals surface area contributed by atoms with Crippen LogP contribution in [0.3, 0.4) is 0 Å². The Hall–Kier alpha value is -1.34. The highest BCUT2D eigenvalue weighted by Crippen LogP contribution is 2.16. The summed E-state index contributed by atoms with van der Waals surface area (Å²) in [6, 6.07) is -0.360. The summed E-state index contributed by atoms with van der Waals surface area (Å²) in [6.07, 6.45) is 5.08. The van der Waals surface area contributed by atoms with Gasteiger partial charge in [-0.3, -0.25) is 14.2 Å². The SMILES string of the molecule is Cc1nn(C(C)C(=O)NCCn2cc(Cl)cn2)cc1Br. The molecule has 2 heterocycles. The molecule has 0 aliphatic carbocycles. The Bertz CT molecular complexity index is 589. The maximum atomic E-state index is 12.0. The van der Waals surface area contributed by atoms with Gasteiger partial charge in [0.2, 0.25) is 5.91 Å². The molecule has 20 heavy (non-hydrogen) atoms. The number of aromatic nitrogens is 4. The van der Waals surface area contributed by atoms with E-state index in [1.54, 1.807) is 34.9 Å². The number of hydrogen-bond acceptors (Lipinski definition) is 3. The number of nitrogens with one attached hydrogen (secondary N) is 1. The van der Waals surface area contributed by atoms with E-state index in [1.165, 1.54) is 0 Å². The van der Waals surface area contributed by atoms with E-state index in [1.807, 2.05) is 6.92 Å². The Labute approximate surface area is 130 Å². The zero-order valence-electron chi connectivity index (χ0n) is 11.2. The first-order chi connectivity index (χ1) is 9.47. The minimum absolute atomic E-state index is 0.0850. The highest BCUT2D eigenvalue weighted by atomic mass is 79.9. The van der Waals surface area contributed by atoms with E-state index in [2.05, 4.69) is 31.4 Å². The van der Waals surface area contributed by atoms with E-state index < -0.39 is 0 Å². The first kappa shape index (κ1) is 15.1. The highest BCUT2D eigenvalue weighted by molar-refractivity contribution is 9.10. The molecule has 1 N–H and O–H groups in total. The molecule has 2 aromatic heterocycles. The highest BCUT2D eigenvalue weighted by Gasteiger charge is 2.16. The van der Waals surface area contributed by atoms with Crippen LogP contribution in [0.25, 0.3) is 0 Å². The summed E-state index contributed by atoms with van der Waals surface area (Å²) >= 11 is 9.14. The molecule has 0 fully saturated rings. The molecule has 6 nitrogen and oxygen atoms in total. The van der Waals surface area contributed by atoms with Gasteiger partial charge in [0.05, 0.1) is 27.9 Å². The largest absolute Gasteiger partial charge is 0.352 e. The maximum Gasteiger partial charge on any atom is 0.244 e. The number of halogens is 2. The number of rotatable bonds is 5. The number of amides is 1. The standard InChI is InChI=1S/C12H15BrClN5O/c1-8-11(13)7-19(17-8)9(2)12(20)15-3-4-18-6-10(14)5-16-18/h5-7,9H,3-4H2,1-2H3,(H,15,20). The molecule has 1 unspecified atom stereocenters. The van der Waals surface area contributed by atoms with Gasteiger partial charge in [0, 0.05) is 18.9 Å². The lowest BCUT2D eigenvalue weighted by Crippen LogP contribution is -2.33. The fraction of sp³-hybridized carbons (Fsp3) is 0.417. The average molecular weight is 361 g/mol. The Morgan fingerprint density at radius 3 is 2.85 bits per heavy atom. The van der Waals surface area contributed by atoms with E-state index in [9.17, 15) is 4.79 Å². The Kier molecular flexibility index (Phi) is 4.82. The molecular formula is C12H15BrClN5O. The average Bonchev–Trinajstić information content (AvgIpc) is 2.96. The predicted octanol–water partition coefficient (Wildman–Crippen LogP) is 2.18. The zero-order valence-corrected chi connectivity index (χ0v) is 13.5. The lowest BCUT2D eigenvalue weighted by atomic mass is 10.3. The van der Waals surface area contributed by atoms with Crippen molar-refractivity contribution in [2.45, 2.75) is 26.4 Å². The van der Waals surface area contributed by atoms with Crippen LogP contribution in [-0.2, 0) is 11.3 Å². The van der Waals surface area contributed by atoms with Crippen LogP contribution in [0.1, 0.15) is 18.7 Å². The fourth-order valence-corrected chi connectivity index (χ4v) is 2.13. The topological polar surface area (TPSA) is 64.7 Å². The number of nitrogens with zero attached hydrogens (tertiary/aromatic N) is 4. The molecule has 0 aliphatic heterocycles. The van der Waals surface area contributed by atoms with E-state index in [0.717, 1.165) is 10.2 Å². The Morgan fingerprint density at radius 1 is 1.55 bits per heavy atom. The van der Waals surface area contributed by atoms with Crippen LogP contribution in [0, 0.1) is 6.92 Å². The summed E-state index contributed by atoms with van der Waals surface area (Å²) < 4.78 is 4.21. The molecule has 0 spiro atoms. The van der Waals surface area contributed by atoms with Gasteiger partial charge < -0.3 is 5.32 Å². The van der Waals surface area contributed by atoms with E-state index in [-0.39, 0.29) is 11.9 Å². The van der Waals surface area contributed by atoms with Crippen LogP contribution in [0.5, 0.6) is 0 Å². The summed E-state index contributed by atoms with van der Waals surface area (Å²) in [7, 11) is 0. The summed E-state index contributed by atoms with van der Waals surface area (Å²) in [6.45, 7) is 4.75. The van der Waals surface area contributed by atoms with Crippen molar-refractivity contribution in [1.29, 1.82) is 0 Å². The van der Waals surface area contributed by atoms with Gasteiger partial charge in [-0.05, 0) is 29.8 Å². The van der Waals surface area contributed by atoms with Crippen molar-refractivity contribution < 1.29 is 4.79 Å². The lowest BCUT2D eigenvalue weighted by Gasteiger charge is -2.12. The van der Waals surface area contributed by atoms with Crippen molar-refractivity contribution >= 4 is 33.4 Å². The van der Waals surface area contributed by atoms with Crippen LogP contribution < -0.4 is 5.32 Å². The number of carbonyl (C=O) groups is 1. The van der Waals surface area contributed by atoms with E-state index >= 15 is 0 Å². The summed E-state index contributed by atoms with van der Waals surface area (Å²) in [4.78, 5) is 12.0. The van der Waals surface area contributed by atoms with Gasteiger partial charge in [-0.2, -0.15) is 10.2 Å². The molecule has 2 rings (SSSR count). The third-order valence-electron chi connectivity index (χ3n) is 2.87. The van der Waals surface area contributed by atoms with Crippen LogP contribution >= 0.6 is 27.5 Å². The van der Waals surface area contributed by atoms with Crippen LogP contribution in [0.15, 0.2) is 23.1 Å². The molecular weight excluding hydrogens is 346 g/mol. The minimum Gasteiger partial charge on any atom is -0.352 e. The second kappa shape index (κ2) is 6.41. The van der Waals surface area contributed by atoms with Gasteiger partial charge in [0.15, 0.2) is 0 Å². The normalized spacial score (nSPS) is 12.4. The van der Waals surface area contributed by atoms with Crippen LogP contribution in [-0.4, -0.2) is 32.0 Å². The molecule has 0 saturated heterocycles. The number of carbonyl (C=O) groups excluding carboxylic acids is 1. The van der Waals surface area contributed by atoms with Crippen molar-refractivity contribution in [3.8, 4) is 0 Å². The van der Waals surface area contributed by atoms with Crippen LogP contribution in [0.4, 0.5) is 0 Å². The Morgan fingerprint density at radius 2 is 2.30 bits per heavy atom. The van der Waals surface area contributed by atoms with Gasteiger partial charge in [-0.1, -0.05) is 11.6 Å². The monoisotopic (exact) mass is 359 g/mol. The van der Waals surface area contributed by atoms with E-state index in [0.29, 0.717) is 18.1 Å². The van der Waals surface area contributed by atoms with Crippen molar-refractivity contribution in [3.63, 3.8) is 0 Å². The minimum atomic E-state index is -0.360. The molecule has 8 heteroatoms. The number of hydrogen-bond donors (Lipinski definition) is 1. The molecule has 0 bridgehead atoms. The third-order valence-corrected chi connectivity index (χ3v) is 3.85.